The first-order chi connectivity index (χ1) is 10.6. The number of rotatable bonds is 6. The number of amides is 2. The fourth-order valence-corrected chi connectivity index (χ4v) is 2.17. The van der Waals surface area contributed by atoms with Gasteiger partial charge in [-0.05, 0) is 37.5 Å². The Balaban J connectivity index is 1.65. The van der Waals surface area contributed by atoms with Crippen molar-refractivity contribution in [3.8, 4) is 5.75 Å². The Hall–Kier alpha value is -2.49. The predicted molar refractivity (Wildman–Crippen MR) is 88.1 cm³/mol. The van der Waals surface area contributed by atoms with Crippen molar-refractivity contribution in [1.82, 2.24) is 10.6 Å². The quantitative estimate of drug-likeness (QED) is 0.805. The summed E-state index contributed by atoms with van der Waals surface area (Å²) in [6, 6.07) is 15.8. The van der Waals surface area contributed by atoms with Crippen LogP contribution in [0.1, 0.15) is 16.7 Å². The molecule has 0 aromatic heterocycles. The highest BCUT2D eigenvalue weighted by Crippen LogP contribution is 2.18. The number of nitrogens with one attached hydrogen (secondary N) is 2. The number of benzene rings is 2. The number of ether oxygens (including phenoxy) is 1. The summed E-state index contributed by atoms with van der Waals surface area (Å²) in [5.41, 5.74) is 3.46. The van der Waals surface area contributed by atoms with Crippen molar-refractivity contribution in [2.75, 3.05) is 13.3 Å². The van der Waals surface area contributed by atoms with E-state index in [2.05, 4.69) is 16.7 Å². The minimum absolute atomic E-state index is 0.154. The van der Waals surface area contributed by atoms with Gasteiger partial charge in [-0.1, -0.05) is 48.0 Å². The van der Waals surface area contributed by atoms with Gasteiger partial charge in [-0.2, -0.15) is 0 Å². The van der Waals surface area contributed by atoms with Gasteiger partial charge in [-0.25, -0.2) is 4.79 Å². The van der Waals surface area contributed by atoms with Crippen LogP contribution in [-0.2, 0) is 6.42 Å². The molecule has 0 bridgehead atoms. The minimum atomic E-state index is -0.222. The van der Waals surface area contributed by atoms with Gasteiger partial charge >= 0.3 is 6.03 Å². The Morgan fingerprint density at radius 2 is 1.82 bits per heavy atom. The Kier molecular flexibility index (Phi) is 5.83. The second kappa shape index (κ2) is 8.08. The van der Waals surface area contributed by atoms with Crippen LogP contribution in [0.3, 0.4) is 0 Å². The van der Waals surface area contributed by atoms with Crippen molar-refractivity contribution in [3.05, 3.63) is 65.2 Å². The minimum Gasteiger partial charge on any atom is -0.473 e. The molecule has 2 amide bonds. The van der Waals surface area contributed by atoms with Gasteiger partial charge in [0.25, 0.3) is 0 Å². The summed E-state index contributed by atoms with van der Waals surface area (Å²) >= 11 is 0. The average molecular weight is 298 g/mol. The maximum atomic E-state index is 11.7. The van der Waals surface area contributed by atoms with Crippen LogP contribution in [0.2, 0.25) is 0 Å². The zero-order valence-electron chi connectivity index (χ0n) is 13.1. The number of hydrogen-bond acceptors (Lipinski definition) is 2. The van der Waals surface area contributed by atoms with E-state index in [-0.39, 0.29) is 12.8 Å². The summed E-state index contributed by atoms with van der Waals surface area (Å²) in [6.07, 6.45) is 0.812. The molecule has 0 spiro atoms. The zero-order chi connectivity index (χ0) is 15.8. The molecule has 0 aliphatic rings. The smallest absolute Gasteiger partial charge is 0.317 e. The first kappa shape index (κ1) is 15.9. The Bertz CT molecular complexity index is 612. The van der Waals surface area contributed by atoms with E-state index in [0.717, 1.165) is 17.7 Å². The fourth-order valence-electron chi connectivity index (χ4n) is 2.17. The lowest BCUT2D eigenvalue weighted by atomic mass is 10.1. The highest BCUT2D eigenvalue weighted by Gasteiger charge is 2.02. The molecular formula is C18H22N2O2. The van der Waals surface area contributed by atoms with Crippen LogP contribution in [0, 0.1) is 13.8 Å². The molecule has 0 aliphatic carbocycles. The molecule has 4 heteroatoms. The topological polar surface area (TPSA) is 50.4 Å². The average Bonchev–Trinajstić information content (AvgIpc) is 2.50. The van der Waals surface area contributed by atoms with Gasteiger partial charge in [0.15, 0.2) is 6.73 Å². The SMILES string of the molecule is Cc1ccc(OCNC(=O)NCCc2ccccc2)c(C)c1. The molecule has 0 aliphatic heterocycles. The molecular weight excluding hydrogens is 276 g/mol. The van der Waals surface area contributed by atoms with Crippen LogP contribution in [0.25, 0.3) is 0 Å². The molecule has 0 radical (unpaired) electrons. The summed E-state index contributed by atoms with van der Waals surface area (Å²) in [7, 11) is 0. The summed E-state index contributed by atoms with van der Waals surface area (Å²) in [6.45, 7) is 4.78. The van der Waals surface area contributed by atoms with E-state index >= 15 is 0 Å². The number of urea groups is 1. The molecule has 2 N–H and O–H groups in total. The van der Waals surface area contributed by atoms with E-state index in [1.165, 1.54) is 11.1 Å². The van der Waals surface area contributed by atoms with Crippen molar-refractivity contribution in [1.29, 1.82) is 0 Å². The number of carbonyl (C=O) groups excluding carboxylic acids is 1. The third-order valence-electron chi connectivity index (χ3n) is 3.33. The van der Waals surface area contributed by atoms with E-state index in [9.17, 15) is 4.79 Å². The molecule has 0 heterocycles. The first-order valence-corrected chi connectivity index (χ1v) is 7.41. The summed E-state index contributed by atoms with van der Waals surface area (Å²) < 4.78 is 5.56. The maximum absolute atomic E-state index is 11.7. The summed E-state index contributed by atoms with van der Waals surface area (Å²) in [5.74, 6) is 0.787. The molecule has 116 valence electrons. The molecule has 0 unspecified atom stereocenters. The molecule has 0 saturated heterocycles. The number of carbonyl (C=O) groups is 1. The standard InChI is InChI=1S/C18H22N2O2/c1-14-8-9-17(15(2)12-14)22-13-20-18(21)19-11-10-16-6-4-3-5-7-16/h3-9,12H,10-11,13H2,1-2H3,(H2,19,20,21). The van der Waals surface area contributed by atoms with Gasteiger partial charge in [0.2, 0.25) is 0 Å². The summed E-state index contributed by atoms with van der Waals surface area (Å²) in [4.78, 5) is 11.7. The number of hydrogen-bond donors (Lipinski definition) is 2. The third kappa shape index (κ3) is 5.13. The Labute approximate surface area is 131 Å². The van der Waals surface area contributed by atoms with Crippen LogP contribution >= 0.6 is 0 Å². The van der Waals surface area contributed by atoms with Crippen molar-refractivity contribution in [3.63, 3.8) is 0 Å². The van der Waals surface area contributed by atoms with E-state index in [4.69, 9.17) is 4.74 Å². The first-order valence-electron chi connectivity index (χ1n) is 7.41. The molecule has 2 rings (SSSR count). The van der Waals surface area contributed by atoms with Gasteiger partial charge < -0.3 is 15.4 Å². The van der Waals surface area contributed by atoms with Crippen molar-refractivity contribution in [2.45, 2.75) is 20.3 Å². The molecule has 0 atom stereocenters. The van der Waals surface area contributed by atoms with Crippen LogP contribution in [-0.4, -0.2) is 19.3 Å². The van der Waals surface area contributed by atoms with Gasteiger partial charge in [-0.15, -0.1) is 0 Å². The van der Waals surface area contributed by atoms with E-state index in [1.807, 2.05) is 56.3 Å². The normalized spacial score (nSPS) is 10.1. The van der Waals surface area contributed by atoms with Gasteiger partial charge in [0, 0.05) is 6.54 Å². The predicted octanol–water partition coefficient (Wildman–Crippen LogP) is 3.18. The highest BCUT2D eigenvalue weighted by molar-refractivity contribution is 5.73. The van der Waals surface area contributed by atoms with Gasteiger partial charge in [-0.3, -0.25) is 0 Å². The number of aryl methyl sites for hydroxylation is 2. The second-order valence-corrected chi connectivity index (χ2v) is 5.23. The van der Waals surface area contributed by atoms with Crippen molar-refractivity contribution >= 4 is 6.03 Å². The molecule has 22 heavy (non-hydrogen) atoms. The monoisotopic (exact) mass is 298 g/mol. The van der Waals surface area contributed by atoms with Crippen molar-refractivity contribution in [2.24, 2.45) is 0 Å². The lowest BCUT2D eigenvalue weighted by Gasteiger charge is -2.11. The fraction of sp³-hybridized carbons (Fsp3) is 0.278. The maximum Gasteiger partial charge on any atom is 0.317 e. The molecule has 2 aromatic rings. The summed E-state index contributed by atoms with van der Waals surface area (Å²) in [5, 5.41) is 5.50. The van der Waals surface area contributed by atoms with Crippen LogP contribution in [0.15, 0.2) is 48.5 Å². The van der Waals surface area contributed by atoms with E-state index < -0.39 is 0 Å². The van der Waals surface area contributed by atoms with Crippen molar-refractivity contribution < 1.29 is 9.53 Å². The zero-order valence-corrected chi connectivity index (χ0v) is 13.1. The molecule has 0 fully saturated rings. The van der Waals surface area contributed by atoms with Crippen LogP contribution in [0.4, 0.5) is 4.79 Å². The largest absolute Gasteiger partial charge is 0.473 e. The van der Waals surface area contributed by atoms with Crippen LogP contribution < -0.4 is 15.4 Å². The third-order valence-corrected chi connectivity index (χ3v) is 3.33. The lowest BCUT2D eigenvalue weighted by molar-refractivity contribution is 0.224. The van der Waals surface area contributed by atoms with Crippen LogP contribution in [0.5, 0.6) is 5.75 Å². The second-order valence-electron chi connectivity index (χ2n) is 5.23. The van der Waals surface area contributed by atoms with E-state index in [0.29, 0.717) is 6.54 Å². The van der Waals surface area contributed by atoms with Gasteiger partial charge in [0.05, 0.1) is 0 Å². The molecule has 0 saturated carbocycles. The molecule has 2 aromatic carbocycles. The molecule has 4 nitrogen and oxygen atoms in total. The Morgan fingerprint density at radius 1 is 1.05 bits per heavy atom. The highest BCUT2D eigenvalue weighted by atomic mass is 16.5. The Morgan fingerprint density at radius 3 is 2.55 bits per heavy atom. The van der Waals surface area contributed by atoms with E-state index in [1.54, 1.807) is 0 Å². The van der Waals surface area contributed by atoms with Gasteiger partial charge in [0.1, 0.15) is 5.75 Å². The lowest BCUT2D eigenvalue weighted by Crippen LogP contribution is -2.38.